The van der Waals surface area contributed by atoms with Crippen molar-refractivity contribution >= 4 is 5.82 Å². The molecular weight excluding hydrogens is 228 g/mol. The van der Waals surface area contributed by atoms with Crippen molar-refractivity contribution in [2.24, 2.45) is 0 Å². The molecule has 0 spiro atoms. The smallest absolute Gasteiger partial charge is 0.152 e. The molecule has 0 saturated carbocycles. The molecule has 6 nitrogen and oxygen atoms in total. The SMILES string of the molecule is CNCc1cccnc1N1CCn2cnnc2C1. The maximum atomic E-state index is 4.51. The highest BCUT2D eigenvalue weighted by atomic mass is 15.3. The summed E-state index contributed by atoms with van der Waals surface area (Å²) in [5.41, 5.74) is 1.22. The summed E-state index contributed by atoms with van der Waals surface area (Å²) in [6, 6.07) is 4.08. The van der Waals surface area contributed by atoms with E-state index in [-0.39, 0.29) is 0 Å². The van der Waals surface area contributed by atoms with Gasteiger partial charge in [0.25, 0.3) is 0 Å². The Morgan fingerprint density at radius 3 is 3.22 bits per heavy atom. The highest BCUT2D eigenvalue weighted by Crippen LogP contribution is 2.21. The molecule has 0 fully saturated rings. The van der Waals surface area contributed by atoms with Gasteiger partial charge in [-0.05, 0) is 13.1 Å². The number of fused-ring (bicyclic) bond motifs is 1. The van der Waals surface area contributed by atoms with Crippen molar-refractivity contribution in [1.29, 1.82) is 0 Å². The number of rotatable bonds is 3. The number of nitrogens with zero attached hydrogens (tertiary/aromatic N) is 5. The Bertz CT molecular complexity index is 535. The summed E-state index contributed by atoms with van der Waals surface area (Å²) >= 11 is 0. The van der Waals surface area contributed by atoms with E-state index in [1.165, 1.54) is 5.56 Å². The van der Waals surface area contributed by atoms with Gasteiger partial charge in [-0.2, -0.15) is 0 Å². The lowest BCUT2D eigenvalue weighted by Gasteiger charge is -2.29. The molecule has 0 radical (unpaired) electrons. The third-order valence-electron chi connectivity index (χ3n) is 3.17. The van der Waals surface area contributed by atoms with Crippen molar-refractivity contribution < 1.29 is 0 Å². The van der Waals surface area contributed by atoms with Gasteiger partial charge in [-0.15, -0.1) is 10.2 Å². The minimum absolute atomic E-state index is 0.772. The predicted molar refractivity (Wildman–Crippen MR) is 68.1 cm³/mol. The second-order valence-electron chi connectivity index (χ2n) is 4.38. The number of pyridine rings is 1. The summed E-state index contributed by atoms with van der Waals surface area (Å²) in [4.78, 5) is 6.77. The topological polar surface area (TPSA) is 58.9 Å². The molecule has 0 saturated heterocycles. The highest BCUT2D eigenvalue weighted by Gasteiger charge is 2.20. The Balaban J connectivity index is 1.88. The lowest BCUT2D eigenvalue weighted by Crippen LogP contribution is -2.35. The summed E-state index contributed by atoms with van der Waals surface area (Å²) in [5, 5.41) is 11.3. The van der Waals surface area contributed by atoms with Crippen LogP contribution in [0.1, 0.15) is 11.4 Å². The fourth-order valence-corrected chi connectivity index (χ4v) is 2.29. The first-order valence-electron chi connectivity index (χ1n) is 6.08. The Hall–Kier alpha value is -1.95. The molecule has 0 amide bonds. The first kappa shape index (κ1) is 11.2. The summed E-state index contributed by atoms with van der Waals surface area (Å²) in [7, 11) is 1.95. The van der Waals surface area contributed by atoms with Crippen LogP contribution in [0.25, 0.3) is 0 Å². The molecule has 3 rings (SSSR count). The summed E-state index contributed by atoms with van der Waals surface area (Å²) in [6.45, 7) is 3.46. The quantitative estimate of drug-likeness (QED) is 0.847. The van der Waals surface area contributed by atoms with Gasteiger partial charge in [-0.1, -0.05) is 6.07 Å². The van der Waals surface area contributed by atoms with E-state index in [0.29, 0.717) is 0 Å². The van der Waals surface area contributed by atoms with Crippen molar-refractivity contribution in [3.63, 3.8) is 0 Å². The normalized spacial score (nSPS) is 14.6. The highest BCUT2D eigenvalue weighted by molar-refractivity contribution is 5.47. The molecule has 94 valence electrons. The number of hydrogen-bond acceptors (Lipinski definition) is 5. The standard InChI is InChI=1S/C12H16N6/c1-13-7-10-3-2-4-14-12(10)17-5-6-18-9-15-16-11(18)8-17/h2-4,9,13H,5-8H2,1H3. The Morgan fingerprint density at radius 1 is 1.39 bits per heavy atom. The molecule has 18 heavy (non-hydrogen) atoms. The van der Waals surface area contributed by atoms with Crippen LogP contribution in [0.3, 0.4) is 0 Å². The fourth-order valence-electron chi connectivity index (χ4n) is 2.29. The molecule has 1 aliphatic rings. The van der Waals surface area contributed by atoms with Gasteiger partial charge in [-0.3, -0.25) is 0 Å². The van der Waals surface area contributed by atoms with Crippen LogP contribution in [-0.2, 0) is 19.6 Å². The summed E-state index contributed by atoms with van der Waals surface area (Å²) in [6.07, 6.45) is 3.63. The van der Waals surface area contributed by atoms with Gasteiger partial charge in [0.15, 0.2) is 5.82 Å². The van der Waals surface area contributed by atoms with E-state index in [9.17, 15) is 0 Å². The van der Waals surface area contributed by atoms with Gasteiger partial charge in [0.05, 0.1) is 6.54 Å². The molecule has 1 N–H and O–H groups in total. The first-order chi connectivity index (χ1) is 8.88. The van der Waals surface area contributed by atoms with Gasteiger partial charge < -0.3 is 14.8 Å². The van der Waals surface area contributed by atoms with Crippen molar-refractivity contribution in [1.82, 2.24) is 25.1 Å². The van der Waals surface area contributed by atoms with Gasteiger partial charge in [-0.25, -0.2) is 4.98 Å². The largest absolute Gasteiger partial charge is 0.347 e. The van der Waals surface area contributed by atoms with E-state index in [1.807, 2.05) is 19.3 Å². The van der Waals surface area contributed by atoms with Gasteiger partial charge in [0.1, 0.15) is 12.1 Å². The molecule has 1 aliphatic heterocycles. The zero-order valence-corrected chi connectivity index (χ0v) is 10.4. The van der Waals surface area contributed by atoms with E-state index < -0.39 is 0 Å². The van der Waals surface area contributed by atoms with E-state index in [0.717, 1.165) is 37.8 Å². The zero-order chi connectivity index (χ0) is 12.4. The fraction of sp³-hybridized carbons (Fsp3) is 0.417. The van der Waals surface area contributed by atoms with Crippen LogP contribution in [0, 0.1) is 0 Å². The maximum absolute atomic E-state index is 4.51. The van der Waals surface area contributed by atoms with Crippen LogP contribution in [0.15, 0.2) is 24.7 Å². The van der Waals surface area contributed by atoms with Gasteiger partial charge >= 0.3 is 0 Å². The van der Waals surface area contributed by atoms with Crippen LogP contribution < -0.4 is 10.2 Å². The van der Waals surface area contributed by atoms with E-state index in [1.54, 1.807) is 6.33 Å². The first-order valence-corrected chi connectivity index (χ1v) is 6.08. The average Bonchev–Trinajstić information content (AvgIpc) is 2.87. The average molecular weight is 244 g/mol. The lowest BCUT2D eigenvalue weighted by atomic mass is 10.2. The molecule has 0 bridgehead atoms. The molecule has 6 heteroatoms. The lowest BCUT2D eigenvalue weighted by molar-refractivity contribution is 0.554. The molecule has 0 aromatic carbocycles. The number of anilines is 1. The van der Waals surface area contributed by atoms with Crippen molar-refractivity contribution in [3.8, 4) is 0 Å². The van der Waals surface area contributed by atoms with Crippen LogP contribution in [0.5, 0.6) is 0 Å². The van der Waals surface area contributed by atoms with E-state index >= 15 is 0 Å². The minimum Gasteiger partial charge on any atom is -0.347 e. The monoisotopic (exact) mass is 244 g/mol. The third-order valence-corrected chi connectivity index (χ3v) is 3.17. The second-order valence-corrected chi connectivity index (χ2v) is 4.38. The molecule has 0 atom stereocenters. The summed E-state index contributed by atoms with van der Waals surface area (Å²) in [5.74, 6) is 2.04. The zero-order valence-electron chi connectivity index (χ0n) is 10.4. The molecular formula is C12H16N6. The Morgan fingerprint density at radius 2 is 2.33 bits per heavy atom. The van der Waals surface area contributed by atoms with Crippen LogP contribution in [-0.4, -0.2) is 33.3 Å². The molecule has 0 aliphatic carbocycles. The maximum Gasteiger partial charge on any atom is 0.152 e. The predicted octanol–water partition coefficient (Wildman–Crippen LogP) is 0.413. The van der Waals surface area contributed by atoms with E-state index in [2.05, 4.69) is 36.0 Å². The van der Waals surface area contributed by atoms with Crippen LogP contribution in [0.4, 0.5) is 5.82 Å². The molecule has 2 aromatic rings. The Labute approximate surface area is 106 Å². The van der Waals surface area contributed by atoms with Gasteiger partial charge in [0.2, 0.25) is 0 Å². The van der Waals surface area contributed by atoms with Crippen LogP contribution >= 0.6 is 0 Å². The number of nitrogens with one attached hydrogen (secondary N) is 1. The second kappa shape index (κ2) is 4.73. The summed E-state index contributed by atoms with van der Waals surface area (Å²) < 4.78 is 2.09. The Kier molecular flexibility index (Phi) is 2.93. The van der Waals surface area contributed by atoms with Crippen LogP contribution in [0.2, 0.25) is 0 Å². The van der Waals surface area contributed by atoms with Gasteiger partial charge in [0, 0.05) is 31.4 Å². The van der Waals surface area contributed by atoms with Crippen molar-refractivity contribution in [3.05, 3.63) is 36.0 Å². The molecule has 0 unspecified atom stereocenters. The molecule has 3 heterocycles. The molecule has 2 aromatic heterocycles. The number of aromatic nitrogens is 4. The number of hydrogen-bond donors (Lipinski definition) is 1. The van der Waals surface area contributed by atoms with Crippen molar-refractivity contribution in [2.75, 3.05) is 18.5 Å². The minimum atomic E-state index is 0.772. The van der Waals surface area contributed by atoms with Crippen molar-refractivity contribution in [2.45, 2.75) is 19.6 Å². The van der Waals surface area contributed by atoms with E-state index in [4.69, 9.17) is 0 Å². The third kappa shape index (κ3) is 1.95.